The number of benzene rings is 2. The molecule has 4 rings (SSSR count). The van der Waals surface area contributed by atoms with Crippen molar-refractivity contribution in [1.82, 2.24) is 20.2 Å². The lowest BCUT2D eigenvalue weighted by Crippen LogP contribution is -2.44. The molecule has 0 aliphatic carbocycles. The Hall–Kier alpha value is -3.84. The van der Waals surface area contributed by atoms with Crippen LogP contribution in [0.15, 0.2) is 77.3 Å². The molecule has 1 amide bonds. The van der Waals surface area contributed by atoms with E-state index in [0.29, 0.717) is 53.1 Å². The van der Waals surface area contributed by atoms with Crippen molar-refractivity contribution in [2.24, 2.45) is 0 Å². The molecule has 2 N–H and O–H groups in total. The number of fused-ring (bicyclic) bond motifs is 1. The molecule has 9 heteroatoms. The monoisotopic (exact) mass is 562 g/mol. The topological polar surface area (TPSA) is 94.5 Å². The van der Waals surface area contributed by atoms with Crippen LogP contribution in [0, 0.1) is 6.92 Å². The van der Waals surface area contributed by atoms with Crippen LogP contribution in [0.4, 0.5) is 0 Å². The van der Waals surface area contributed by atoms with Gasteiger partial charge in [-0.25, -0.2) is 9.78 Å². The maximum atomic E-state index is 13.7. The van der Waals surface area contributed by atoms with E-state index in [1.165, 1.54) is 6.08 Å². The summed E-state index contributed by atoms with van der Waals surface area (Å²) in [5.74, 6) is 2.24. The summed E-state index contributed by atoms with van der Waals surface area (Å²) < 4.78 is 14.4. The number of ether oxygens (including phenoxy) is 2. The number of halogens is 1. The molecule has 1 aromatic heterocycles. The predicted octanol–water partition coefficient (Wildman–Crippen LogP) is 5.21. The van der Waals surface area contributed by atoms with E-state index in [1.54, 1.807) is 6.07 Å². The Morgan fingerprint density at radius 3 is 2.62 bits per heavy atom. The van der Waals surface area contributed by atoms with E-state index in [9.17, 15) is 9.59 Å². The molecular formula is C31H35ClN4O4. The van der Waals surface area contributed by atoms with Crippen LogP contribution in [-0.2, 0) is 25.6 Å². The Morgan fingerprint density at radius 2 is 1.93 bits per heavy atom. The Bertz CT molecular complexity index is 1510. The zero-order chi connectivity index (χ0) is 28.9. The van der Waals surface area contributed by atoms with Crippen molar-refractivity contribution in [3.63, 3.8) is 0 Å². The Morgan fingerprint density at radius 1 is 1.20 bits per heavy atom. The van der Waals surface area contributed by atoms with Crippen molar-refractivity contribution >= 4 is 34.5 Å². The molecule has 3 aromatic rings. The van der Waals surface area contributed by atoms with Gasteiger partial charge in [-0.05, 0) is 58.4 Å². The number of carbonyl (C=O) groups excluding carboxylic acids is 2. The van der Waals surface area contributed by atoms with Crippen molar-refractivity contribution in [3.05, 3.63) is 93.7 Å². The van der Waals surface area contributed by atoms with E-state index in [1.807, 2.05) is 83.0 Å². The van der Waals surface area contributed by atoms with Gasteiger partial charge in [-0.15, -0.1) is 0 Å². The second-order valence-electron chi connectivity index (χ2n) is 10.5. The molecule has 0 saturated heterocycles. The molecule has 0 bridgehead atoms. The summed E-state index contributed by atoms with van der Waals surface area (Å²) in [5.41, 5.74) is 3.40. The first-order valence-electron chi connectivity index (χ1n) is 13.3. The lowest BCUT2D eigenvalue weighted by molar-refractivity contribution is -0.119. The van der Waals surface area contributed by atoms with Crippen LogP contribution >= 0.6 is 11.6 Å². The number of hydrogen-bond acceptors (Lipinski definition) is 6. The summed E-state index contributed by atoms with van der Waals surface area (Å²) in [4.78, 5) is 29.9. The molecule has 0 saturated carbocycles. The van der Waals surface area contributed by atoms with Gasteiger partial charge in [-0.3, -0.25) is 4.79 Å². The van der Waals surface area contributed by atoms with E-state index in [2.05, 4.69) is 20.2 Å². The molecule has 1 aliphatic heterocycles. The van der Waals surface area contributed by atoms with Crippen molar-refractivity contribution in [1.29, 1.82) is 0 Å². The van der Waals surface area contributed by atoms with Crippen molar-refractivity contribution in [2.75, 3.05) is 19.8 Å². The third-order valence-corrected chi connectivity index (χ3v) is 6.77. The standard InChI is InChI=1S/C31H35ClN4O4/c1-6-40-29-25(19-39-18-16-36-20(2)33-23-13-9-10-14-26(23)36)34-24(15-17-37)28(30(38)35-31(3,4)5)27(29)21-11-7-8-12-22(21)32/h7-15,27,34H,6,16,18-19H2,1-5H3,(H,35,38). The molecule has 1 atom stereocenters. The second-order valence-corrected chi connectivity index (χ2v) is 10.9. The molecule has 210 valence electrons. The normalized spacial score (nSPS) is 15.6. The summed E-state index contributed by atoms with van der Waals surface area (Å²) in [6.07, 6.45) is 1.23. The van der Waals surface area contributed by atoms with Gasteiger partial charge in [0, 0.05) is 23.2 Å². The number of nitrogens with one attached hydrogen (secondary N) is 2. The number of para-hydroxylation sites is 2. The maximum absolute atomic E-state index is 13.7. The van der Waals surface area contributed by atoms with E-state index >= 15 is 0 Å². The molecule has 2 aromatic carbocycles. The number of rotatable bonds is 10. The number of aryl methyl sites for hydroxylation is 1. The lowest BCUT2D eigenvalue weighted by atomic mass is 9.83. The highest BCUT2D eigenvalue weighted by atomic mass is 35.5. The summed E-state index contributed by atoms with van der Waals surface area (Å²) in [6, 6.07) is 15.3. The quantitative estimate of drug-likeness (QED) is 0.260. The van der Waals surface area contributed by atoms with Gasteiger partial charge in [-0.1, -0.05) is 41.9 Å². The average molecular weight is 563 g/mol. The van der Waals surface area contributed by atoms with Gasteiger partial charge in [0.1, 0.15) is 17.5 Å². The molecule has 40 heavy (non-hydrogen) atoms. The van der Waals surface area contributed by atoms with Crippen molar-refractivity contribution in [3.8, 4) is 0 Å². The molecule has 0 spiro atoms. The predicted molar refractivity (Wildman–Crippen MR) is 156 cm³/mol. The highest BCUT2D eigenvalue weighted by Crippen LogP contribution is 2.42. The van der Waals surface area contributed by atoms with E-state index in [0.717, 1.165) is 16.9 Å². The van der Waals surface area contributed by atoms with Crippen LogP contribution in [0.3, 0.4) is 0 Å². The Balaban J connectivity index is 1.69. The van der Waals surface area contributed by atoms with Gasteiger partial charge in [0.15, 0.2) is 0 Å². The smallest absolute Gasteiger partial charge is 0.250 e. The molecule has 8 nitrogen and oxygen atoms in total. The van der Waals surface area contributed by atoms with E-state index in [4.69, 9.17) is 21.1 Å². The van der Waals surface area contributed by atoms with E-state index in [-0.39, 0.29) is 12.5 Å². The number of hydrogen-bond donors (Lipinski definition) is 2. The van der Waals surface area contributed by atoms with Crippen LogP contribution in [0.25, 0.3) is 11.0 Å². The summed E-state index contributed by atoms with van der Waals surface area (Å²) in [7, 11) is 0. The van der Waals surface area contributed by atoms with Crippen molar-refractivity contribution in [2.45, 2.75) is 52.6 Å². The average Bonchev–Trinajstić information content (AvgIpc) is 3.22. The molecule has 1 aliphatic rings. The van der Waals surface area contributed by atoms with Crippen LogP contribution in [0.1, 0.15) is 45.0 Å². The first kappa shape index (κ1) is 29.2. The lowest BCUT2D eigenvalue weighted by Gasteiger charge is -2.34. The Kier molecular flexibility index (Phi) is 9.15. The van der Waals surface area contributed by atoms with Gasteiger partial charge in [0.25, 0.3) is 5.91 Å². The van der Waals surface area contributed by atoms with Crippen LogP contribution < -0.4 is 10.6 Å². The van der Waals surface area contributed by atoms with Gasteiger partial charge in [0.2, 0.25) is 0 Å². The number of dihydropyridines is 1. The van der Waals surface area contributed by atoms with Crippen molar-refractivity contribution < 1.29 is 19.1 Å². The number of aromatic nitrogens is 2. The summed E-state index contributed by atoms with van der Waals surface area (Å²) in [6.45, 7) is 11.1. The first-order valence-corrected chi connectivity index (χ1v) is 13.7. The Labute approximate surface area is 239 Å². The van der Waals surface area contributed by atoms with Gasteiger partial charge in [-0.2, -0.15) is 0 Å². The number of nitrogens with zero attached hydrogens (tertiary/aromatic N) is 2. The number of carbonyl (C=O) groups is 1. The maximum Gasteiger partial charge on any atom is 0.250 e. The zero-order valence-corrected chi connectivity index (χ0v) is 24.3. The number of allylic oxidation sites excluding steroid dienone is 2. The highest BCUT2D eigenvalue weighted by Gasteiger charge is 2.38. The largest absolute Gasteiger partial charge is 0.495 e. The minimum atomic E-state index is -0.671. The highest BCUT2D eigenvalue weighted by molar-refractivity contribution is 6.31. The minimum absolute atomic E-state index is 0.159. The van der Waals surface area contributed by atoms with Crippen LogP contribution in [0.2, 0.25) is 5.02 Å². The number of imidazole rings is 1. The third-order valence-electron chi connectivity index (χ3n) is 6.43. The molecule has 1 unspecified atom stereocenters. The second kappa shape index (κ2) is 12.6. The fourth-order valence-electron chi connectivity index (χ4n) is 4.83. The van der Waals surface area contributed by atoms with E-state index < -0.39 is 11.5 Å². The molecular weight excluding hydrogens is 528 g/mol. The minimum Gasteiger partial charge on any atom is -0.495 e. The third kappa shape index (κ3) is 6.48. The summed E-state index contributed by atoms with van der Waals surface area (Å²) >= 11 is 6.66. The number of amides is 1. The molecule has 2 heterocycles. The fourth-order valence-corrected chi connectivity index (χ4v) is 5.08. The zero-order valence-electron chi connectivity index (χ0n) is 23.5. The molecule has 0 radical (unpaired) electrons. The summed E-state index contributed by atoms with van der Waals surface area (Å²) in [5, 5.41) is 6.72. The fraction of sp³-hybridized carbons (Fsp3) is 0.355. The van der Waals surface area contributed by atoms with Crippen LogP contribution in [0.5, 0.6) is 0 Å². The van der Waals surface area contributed by atoms with Gasteiger partial charge >= 0.3 is 0 Å². The molecule has 0 fully saturated rings. The SMILES string of the molecule is CCOC1=C(COCCn2c(C)nc3ccccc32)NC(C=C=O)=C(C(=O)NC(C)(C)C)C1c1ccccc1Cl. The van der Waals surface area contributed by atoms with Gasteiger partial charge < -0.3 is 24.7 Å². The van der Waals surface area contributed by atoms with Crippen LogP contribution in [-0.4, -0.2) is 46.8 Å². The van der Waals surface area contributed by atoms with Gasteiger partial charge in [0.05, 0.1) is 53.7 Å². The first-order chi connectivity index (χ1) is 19.1.